The van der Waals surface area contributed by atoms with E-state index in [9.17, 15) is 9.18 Å². The third-order valence-corrected chi connectivity index (χ3v) is 2.14. The molecule has 0 atom stereocenters. The average molecular weight is 205 g/mol. The summed E-state index contributed by atoms with van der Waals surface area (Å²) in [6.45, 7) is 0. The Labute approximate surface area is 85.5 Å². The number of hydrogen-bond donors (Lipinski definition) is 0. The predicted molar refractivity (Wildman–Crippen MR) is 53.6 cm³/mol. The van der Waals surface area contributed by atoms with Gasteiger partial charge in [-0.05, 0) is 18.2 Å². The van der Waals surface area contributed by atoms with Crippen LogP contribution < -0.4 is 4.74 Å². The molecular formula is C11H8FNO2. The summed E-state index contributed by atoms with van der Waals surface area (Å²) in [6, 6.07) is 4.16. The molecule has 0 radical (unpaired) electrons. The lowest BCUT2D eigenvalue weighted by Gasteiger charge is -2.06. The Balaban J connectivity index is 2.84. The molecule has 1 heterocycles. The second-order valence-electron chi connectivity index (χ2n) is 3.03. The number of rotatable bonds is 2. The molecule has 1 aromatic carbocycles. The van der Waals surface area contributed by atoms with Crippen molar-refractivity contribution in [2.75, 3.05) is 7.11 Å². The fraction of sp³-hybridized carbons (Fsp3) is 0.0909. The summed E-state index contributed by atoms with van der Waals surface area (Å²) in [7, 11) is 1.44. The van der Waals surface area contributed by atoms with Crippen molar-refractivity contribution < 1.29 is 13.9 Å². The Bertz CT molecular complexity index is 525. The Hall–Kier alpha value is -1.97. The summed E-state index contributed by atoms with van der Waals surface area (Å²) < 4.78 is 18.1. The van der Waals surface area contributed by atoms with E-state index in [0.29, 0.717) is 28.5 Å². The van der Waals surface area contributed by atoms with Crippen molar-refractivity contribution in [2.24, 2.45) is 0 Å². The molecule has 4 heteroatoms. The predicted octanol–water partition coefficient (Wildman–Crippen LogP) is 2.20. The van der Waals surface area contributed by atoms with Crippen molar-refractivity contribution in [3.05, 3.63) is 35.8 Å². The quantitative estimate of drug-likeness (QED) is 0.705. The SMILES string of the molecule is COc1c(C=O)cnc2ccc(F)cc12. The van der Waals surface area contributed by atoms with E-state index in [1.165, 1.54) is 25.4 Å². The molecular weight excluding hydrogens is 197 g/mol. The molecule has 0 saturated carbocycles. The summed E-state index contributed by atoms with van der Waals surface area (Å²) in [6.07, 6.45) is 2.04. The third-order valence-electron chi connectivity index (χ3n) is 2.14. The Morgan fingerprint density at radius 3 is 2.93 bits per heavy atom. The van der Waals surface area contributed by atoms with Gasteiger partial charge in [-0.3, -0.25) is 9.78 Å². The van der Waals surface area contributed by atoms with Gasteiger partial charge in [-0.25, -0.2) is 4.39 Å². The van der Waals surface area contributed by atoms with Gasteiger partial charge in [0.05, 0.1) is 18.2 Å². The maximum absolute atomic E-state index is 13.0. The van der Waals surface area contributed by atoms with E-state index in [1.54, 1.807) is 6.07 Å². The van der Waals surface area contributed by atoms with E-state index >= 15 is 0 Å². The lowest BCUT2D eigenvalue weighted by molar-refractivity contribution is 0.112. The van der Waals surface area contributed by atoms with Crippen molar-refractivity contribution in [3.8, 4) is 5.75 Å². The minimum atomic E-state index is -0.384. The van der Waals surface area contributed by atoms with Gasteiger partial charge in [0.2, 0.25) is 0 Å². The lowest BCUT2D eigenvalue weighted by Crippen LogP contribution is -1.94. The van der Waals surface area contributed by atoms with Gasteiger partial charge in [0.1, 0.15) is 11.6 Å². The highest BCUT2D eigenvalue weighted by molar-refractivity contribution is 5.93. The summed E-state index contributed by atoms with van der Waals surface area (Å²) in [4.78, 5) is 14.7. The zero-order chi connectivity index (χ0) is 10.8. The molecule has 15 heavy (non-hydrogen) atoms. The van der Waals surface area contributed by atoms with Crippen LogP contribution >= 0.6 is 0 Å². The van der Waals surface area contributed by atoms with E-state index in [-0.39, 0.29) is 5.82 Å². The number of carbonyl (C=O) groups excluding carboxylic acids is 1. The monoisotopic (exact) mass is 205 g/mol. The third kappa shape index (κ3) is 1.54. The van der Waals surface area contributed by atoms with Crippen molar-refractivity contribution in [3.63, 3.8) is 0 Å². The number of aldehydes is 1. The molecule has 0 aliphatic heterocycles. The molecule has 0 aliphatic rings. The number of pyridine rings is 1. The zero-order valence-corrected chi connectivity index (χ0v) is 8.03. The molecule has 2 aromatic rings. The molecule has 0 saturated heterocycles. The number of aromatic nitrogens is 1. The van der Waals surface area contributed by atoms with Gasteiger partial charge in [0.15, 0.2) is 6.29 Å². The Kier molecular flexibility index (Phi) is 2.33. The standard InChI is InChI=1S/C11H8FNO2/c1-15-11-7(6-14)5-13-10-3-2-8(12)4-9(10)11/h2-6H,1H3. The number of carbonyl (C=O) groups is 1. The van der Waals surface area contributed by atoms with Crippen LogP contribution in [-0.2, 0) is 0 Å². The van der Waals surface area contributed by atoms with E-state index in [4.69, 9.17) is 4.74 Å². The number of fused-ring (bicyclic) bond motifs is 1. The first-order valence-electron chi connectivity index (χ1n) is 4.33. The molecule has 76 valence electrons. The van der Waals surface area contributed by atoms with Crippen molar-refractivity contribution >= 4 is 17.2 Å². The fourth-order valence-corrected chi connectivity index (χ4v) is 1.47. The summed E-state index contributed by atoms with van der Waals surface area (Å²) >= 11 is 0. The molecule has 0 spiro atoms. The van der Waals surface area contributed by atoms with E-state index < -0.39 is 0 Å². The van der Waals surface area contributed by atoms with Crippen LogP contribution in [0.1, 0.15) is 10.4 Å². The molecule has 0 N–H and O–H groups in total. The fourth-order valence-electron chi connectivity index (χ4n) is 1.47. The molecule has 0 fully saturated rings. The Morgan fingerprint density at radius 1 is 1.47 bits per heavy atom. The molecule has 0 bridgehead atoms. The van der Waals surface area contributed by atoms with Crippen LogP contribution in [0.2, 0.25) is 0 Å². The highest BCUT2D eigenvalue weighted by Crippen LogP contribution is 2.27. The van der Waals surface area contributed by atoms with Crippen LogP contribution in [0.15, 0.2) is 24.4 Å². The van der Waals surface area contributed by atoms with Gasteiger partial charge in [-0.15, -0.1) is 0 Å². The zero-order valence-electron chi connectivity index (χ0n) is 8.03. The highest BCUT2D eigenvalue weighted by atomic mass is 19.1. The molecule has 1 aromatic heterocycles. The molecule has 0 amide bonds. The minimum absolute atomic E-state index is 0.315. The first kappa shape index (κ1) is 9.58. The van der Waals surface area contributed by atoms with Gasteiger partial charge in [0.25, 0.3) is 0 Å². The number of hydrogen-bond acceptors (Lipinski definition) is 3. The first-order valence-corrected chi connectivity index (χ1v) is 4.33. The number of methoxy groups -OCH3 is 1. The van der Waals surface area contributed by atoms with Gasteiger partial charge >= 0.3 is 0 Å². The molecule has 3 nitrogen and oxygen atoms in total. The number of nitrogens with zero attached hydrogens (tertiary/aromatic N) is 1. The van der Waals surface area contributed by atoms with Crippen LogP contribution in [0.4, 0.5) is 4.39 Å². The number of ether oxygens (including phenoxy) is 1. The van der Waals surface area contributed by atoms with Crippen molar-refractivity contribution in [1.82, 2.24) is 4.98 Å². The molecule has 0 aliphatic carbocycles. The van der Waals surface area contributed by atoms with Crippen LogP contribution in [0.5, 0.6) is 5.75 Å². The van der Waals surface area contributed by atoms with E-state index in [2.05, 4.69) is 4.98 Å². The largest absolute Gasteiger partial charge is 0.495 e. The normalized spacial score (nSPS) is 10.3. The van der Waals surface area contributed by atoms with Gasteiger partial charge in [0, 0.05) is 11.6 Å². The van der Waals surface area contributed by atoms with Crippen LogP contribution in [-0.4, -0.2) is 18.4 Å². The Morgan fingerprint density at radius 2 is 2.27 bits per heavy atom. The second-order valence-corrected chi connectivity index (χ2v) is 3.03. The smallest absolute Gasteiger partial charge is 0.155 e. The number of halogens is 1. The van der Waals surface area contributed by atoms with Crippen LogP contribution in [0.25, 0.3) is 10.9 Å². The van der Waals surface area contributed by atoms with Gasteiger partial charge in [-0.2, -0.15) is 0 Å². The maximum Gasteiger partial charge on any atom is 0.155 e. The maximum atomic E-state index is 13.0. The molecule has 2 rings (SSSR count). The van der Waals surface area contributed by atoms with E-state index in [0.717, 1.165) is 0 Å². The van der Waals surface area contributed by atoms with Crippen LogP contribution in [0.3, 0.4) is 0 Å². The average Bonchev–Trinajstić information content (AvgIpc) is 2.27. The first-order chi connectivity index (χ1) is 7.26. The van der Waals surface area contributed by atoms with E-state index in [1.807, 2.05) is 0 Å². The molecule has 0 unspecified atom stereocenters. The lowest BCUT2D eigenvalue weighted by atomic mass is 10.1. The summed E-state index contributed by atoms with van der Waals surface area (Å²) in [5.74, 6) is -0.0276. The van der Waals surface area contributed by atoms with Gasteiger partial charge in [-0.1, -0.05) is 0 Å². The van der Waals surface area contributed by atoms with Gasteiger partial charge < -0.3 is 4.74 Å². The van der Waals surface area contributed by atoms with Crippen molar-refractivity contribution in [1.29, 1.82) is 0 Å². The minimum Gasteiger partial charge on any atom is -0.495 e. The highest BCUT2D eigenvalue weighted by Gasteiger charge is 2.09. The summed E-state index contributed by atoms with van der Waals surface area (Å²) in [5, 5.41) is 0.502. The summed E-state index contributed by atoms with van der Waals surface area (Å²) in [5.41, 5.74) is 0.912. The second kappa shape index (κ2) is 3.65. The topological polar surface area (TPSA) is 39.2 Å². The van der Waals surface area contributed by atoms with Crippen molar-refractivity contribution in [2.45, 2.75) is 0 Å². The number of benzene rings is 1. The van der Waals surface area contributed by atoms with Crippen LogP contribution in [0, 0.1) is 5.82 Å².